The fourth-order valence-electron chi connectivity index (χ4n) is 2.15. The van der Waals surface area contributed by atoms with Crippen molar-refractivity contribution >= 4 is 5.91 Å². The van der Waals surface area contributed by atoms with Crippen molar-refractivity contribution in [2.24, 2.45) is 11.7 Å². The predicted octanol–water partition coefficient (Wildman–Crippen LogP) is -0.240. The summed E-state index contributed by atoms with van der Waals surface area (Å²) in [6, 6.07) is -0.517. The van der Waals surface area contributed by atoms with Crippen LogP contribution in [0.15, 0.2) is 0 Å². The van der Waals surface area contributed by atoms with Crippen molar-refractivity contribution in [3.05, 3.63) is 0 Å². The molecule has 0 saturated carbocycles. The summed E-state index contributed by atoms with van der Waals surface area (Å²) in [4.78, 5) is 16.2. The Labute approximate surface area is 104 Å². The van der Waals surface area contributed by atoms with Crippen LogP contribution in [-0.2, 0) is 9.53 Å². The fourth-order valence-corrected chi connectivity index (χ4v) is 2.15. The largest absolute Gasteiger partial charge is 0.383 e. The van der Waals surface area contributed by atoms with Crippen LogP contribution < -0.4 is 5.73 Å². The molecule has 0 aromatic carbocycles. The summed E-state index contributed by atoms with van der Waals surface area (Å²) in [5.74, 6) is 0.684. The van der Waals surface area contributed by atoms with Gasteiger partial charge >= 0.3 is 0 Å². The maximum Gasteiger partial charge on any atom is 0.241 e. The average molecular weight is 243 g/mol. The van der Waals surface area contributed by atoms with Gasteiger partial charge in [-0.2, -0.15) is 0 Å². The molecule has 0 spiro atoms. The van der Waals surface area contributed by atoms with Gasteiger partial charge < -0.3 is 15.4 Å². The van der Waals surface area contributed by atoms with Crippen LogP contribution >= 0.6 is 0 Å². The van der Waals surface area contributed by atoms with E-state index >= 15 is 0 Å². The van der Waals surface area contributed by atoms with E-state index in [-0.39, 0.29) is 5.91 Å². The molecule has 5 nitrogen and oxygen atoms in total. The summed E-state index contributed by atoms with van der Waals surface area (Å²) in [6.07, 6.45) is 0. The van der Waals surface area contributed by atoms with Gasteiger partial charge in [0.15, 0.2) is 0 Å². The summed E-state index contributed by atoms with van der Waals surface area (Å²) in [5.41, 5.74) is 5.74. The molecule has 1 heterocycles. The minimum absolute atomic E-state index is 0.0102. The van der Waals surface area contributed by atoms with Crippen LogP contribution in [0, 0.1) is 5.92 Å². The maximum absolute atomic E-state index is 11.9. The smallest absolute Gasteiger partial charge is 0.241 e. The van der Waals surface area contributed by atoms with Crippen LogP contribution in [0.25, 0.3) is 0 Å². The van der Waals surface area contributed by atoms with E-state index in [9.17, 15) is 4.79 Å². The lowest BCUT2D eigenvalue weighted by Crippen LogP contribution is -2.54. The summed E-state index contributed by atoms with van der Waals surface area (Å²) >= 11 is 0. The molecule has 1 fully saturated rings. The van der Waals surface area contributed by atoms with Crippen molar-refractivity contribution < 1.29 is 9.53 Å². The minimum Gasteiger partial charge on any atom is -0.383 e. The van der Waals surface area contributed by atoms with E-state index in [2.05, 4.69) is 18.7 Å². The van der Waals surface area contributed by atoms with Crippen molar-refractivity contribution in [1.29, 1.82) is 0 Å². The van der Waals surface area contributed by atoms with E-state index in [4.69, 9.17) is 10.5 Å². The first-order valence-corrected chi connectivity index (χ1v) is 6.30. The second kappa shape index (κ2) is 6.93. The lowest BCUT2D eigenvalue weighted by molar-refractivity contribution is -0.135. The van der Waals surface area contributed by atoms with Crippen molar-refractivity contribution in [3.8, 4) is 0 Å². The molecule has 1 unspecified atom stereocenters. The maximum atomic E-state index is 11.9. The number of ether oxygens (including phenoxy) is 1. The Morgan fingerprint density at radius 3 is 2.35 bits per heavy atom. The molecule has 0 radical (unpaired) electrons. The fraction of sp³-hybridized carbons (Fsp3) is 0.917. The van der Waals surface area contributed by atoms with Gasteiger partial charge in [0.1, 0.15) is 6.04 Å². The van der Waals surface area contributed by atoms with E-state index in [0.29, 0.717) is 12.5 Å². The topological polar surface area (TPSA) is 58.8 Å². The van der Waals surface area contributed by atoms with E-state index in [0.717, 1.165) is 32.7 Å². The van der Waals surface area contributed by atoms with Crippen LogP contribution in [0.2, 0.25) is 0 Å². The number of amides is 1. The molecule has 1 atom stereocenters. The van der Waals surface area contributed by atoms with Gasteiger partial charge in [-0.15, -0.1) is 0 Å². The van der Waals surface area contributed by atoms with Gasteiger partial charge in [-0.1, -0.05) is 13.8 Å². The van der Waals surface area contributed by atoms with E-state index < -0.39 is 6.04 Å². The van der Waals surface area contributed by atoms with Crippen LogP contribution in [-0.4, -0.2) is 68.2 Å². The van der Waals surface area contributed by atoms with Crippen molar-refractivity contribution in [1.82, 2.24) is 9.80 Å². The number of nitrogens with zero attached hydrogens (tertiary/aromatic N) is 2. The quantitative estimate of drug-likeness (QED) is 0.724. The molecule has 100 valence electrons. The number of rotatable bonds is 5. The number of hydrogen-bond acceptors (Lipinski definition) is 4. The third-order valence-electron chi connectivity index (χ3n) is 2.97. The van der Waals surface area contributed by atoms with Gasteiger partial charge in [-0.3, -0.25) is 9.69 Å². The molecule has 0 aromatic heterocycles. The van der Waals surface area contributed by atoms with Gasteiger partial charge in [0.2, 0.25) is 5.91 Å². The highest BCUT2D eigenvalue weighted by Gasteiger charge is 2.25. The number of piperazine rings is 1. The normalized spacial score (nSPS) is 19.7. The van der Waals surface area contributed by atoms with Crippen LogP contribution in [0.5, 0.6) is 0 Å². The Kier molecular flexibility index (Phi) is 5.88. The molecule has 17 heavy (non-hydrogen) atoms. The minimum atomic E-state index is -0.517. The molecule has 1 aliphatic rings. The Morgan fingerprint density at radius 1 is 1.29 bits per heavy atom. The summed E-state index contributed by atoms with van der Waals surface area (Å²) in [5, 5.41) is 0. The highest BCUT2D eigenvalue weighted by atomic mass is 16.5. The standard InChI is InChI=1S/C12H25N3O2/c1-10(2)8-14-4-6-15(7-5-14)12(16)11(13)9-17-3/h10-11H,4-9,13H2,1-3H3. The molecular formula is C12H25N3O2. The predicted molar refractivity (Wildman–Crippen MR) is 67.7 cm³/mol. The Bertz CT molecular complexity index is 238. The molecule has 1 amide bonds. The van der Waals surface area contributed by atoms with Crippen LogP contribution in [0.3, 0.4) is 0 Å². The second-order valence-corrected chi connectivity index (χ2v) is 5.08. The van der Waals surface area contributed by atoms with Gasteiger partial charge in [0, 0.05) is 39.8 Å². The van der Waals surface area contributed by atoms with Gasteiger partial charge in [-0.05, 0) is 5.92 Å². The first-order valence-electron chi connectivity index (χ1n) is 6.30. The van der Waals surface area contributed by atoms with Gasteiger partial charge in [0.25, 0.3) is 0 Å². The zero-order valence-corrected chi connectivity index (χ0v) is 11.2. The first-order chi connectivity index (χ1) is 8.04. The molecule has 0 bridgehead atoms. The third-order valence-corrected chi connectivity index (χ3v) is 2.97. The van der Waals surface area contributed by atoms with Crippen LogP contribution in [0.4, 0.5) is 0 Å². The molecule has 5 heteroatoms. The molecule has 0 aliphatic carbocycles. The highest BCUT2D eigenvalue weighted by molar-refractivity contribution is 5.81. The molecule has 1 rings (SSSR count). The van der Waals surface area contributed by atoms with Crippen LogP contribution in [0.1, 0.15) is 13.8 Å². The number of hydrogen-bond donors (Lipinski definition) is 1. The van der Waals surface area contributed by atoms with E-state index in [1.807, 2.05) is 4.90 Å². The number of nitrogens with two attached hydrogens (primary N) is 1. The first kappa shape index (κ1) is 14.4. The number of carbonyl (C=O) groups excluding carboxylic acids is 1. The molecular weight excluding hydrogens is 218 g/mol. The second-order valence-electron chi connectivity index (χ2n) is 5.08. The van der Waals surface area contributed by atoms with Crippen molar-refractivity contribution in [2.75, 3.05) is 46.4 Å². The number of methoxy groups -OCH3 is 1. The number of carbonyl (C=O) groups is 1. The summed E-state index contributed by atoms with van der Waals surface area (Å²) < 4.78 is 4.91. The average Bonchev–Trinajstić information content (AvgIpc) is 2.28. The van der Waals surface area contributed by atoms with Gasteiger partial charge in [-0.25, -0.2) is 0 Å². The summed E-state index contributed by atoms with van der Waals surface area (Å²) in [6.45, 7) is 9.29. The molecule has 1 aliphatic heterocycles. The van der Waals surface area contributed by atoms with Crippen molar-refractivity contribution in [2.45, 2.75) is 19.9 Å². The van der Waals surface area contributed by atoms with E-state index in [1.165, 1.54) is 0 Å². The molecule has 1 saturated heterocycles. The lowest BCUT2D eigenvalue weighted by atomic mass is 10.2. The van der Waals surface area contributed by atoms with Gasteiger partial charge in [0.05, 0.1) is 6.61 Å². The van der Waals surface area contributed by atoms with Crippen molar-refractivity contribution in [3.63, 3.8) is 0 Å². The zero-order valence-electron chi connectivity index (χ0n) is 11.2. The Balaban J connectivity index is 2.33. The molecule has 2 N–H and O–H groups in total. The Hall–Kier alpha value is -0.650. The third kappa shape index (κ3) is 4.61. The lowest BCUT2D eigenvalue weighted by Gasteiger charge is -2.36. The zero-order chi connectivity index (χ0) is 12.8. The highest BCUT2D eigenvalue weighted by Crippen LogP contribution is 2.06. The molecule has 0 aromatic rings. The van der Waals surface area contributed by atoms with E-state index in [1.54, 1.807) is 7.11 Å². The monoisotopic (exact) mass is 243 g/mol. The SMILES string of the molecule is COCC(N)C(=O)N1CCN(CC(C)C)CC1. The Morgan fingerprint density at radius 2 is 1.88 bits per heavy atom. The summed E-state index contributed by atoms with van der Waals surface area (Å²) in [7, 11) is 1.56.